The normalized spacial score (nSPS) is 11.7. The van der Waals surface area contributed by atoms with E-state index in [0.29, 0.717) is 12.3 Å². The van der Waals surface area contributed by atoms with Crippen molar-refractivity contribution in [1.29, 1.82) is 0 Å². The Morgan fingerprint density at radius 2 is 2.16 bits per heavy atom. The molecule has 0 saturated carbocycles. The largest absolute Gasteiger partial charge is 0.481 e. The molecule has 0 bridgehead atoms. The van der Waals surface area contributed by atoms with Crippen LogP contribution in [0.3, 0.4) is 0 Å². The lowest BCUT2D eigenvalue weighted by molar-refractivity contribution is -0.126. The zero-order valence-electron chi connectivity index (χ0n) is 10.7. The standard InChI is InChI=1S/C12H16BrN3O3/c1-7(11(17)16-12(14)18)19-10-4-3-9(13)5-8(10)6-15-2/h3-5,7,15H,6H2,1-2H3,(H3,14,16,17,18). The zero-order chi connectivity index (χ0) is 14.4. The van der Waals surface area contributed by atoms with E-state index >= 15 is 0 Å². The SMILES string of the molecule is CNCc1cc(Br)ccc1OC(C)C(=O)NC(N)=O. The van der Waals surface area contributed by atoms with Crippen LogP contribution >= 0.6 is 15.9 Å². The van der Waals surface area contributed by atoms with E-state index in [0.717, 1.165) is 10.0 Å². The van der Waals surface area contributed by atoms with Gasteiger partial charge in [-0.1, -0.05) is 15.9 Å². The molecule has 1 unspecified atom stereocenters. The van der Waals surface area contributed by atoms with Crippen molar-refractivity contribution in [3.05, 3.63) is 28.2 Å². The summed E-state index contributed by atoms with van der Waals surface area (Å²) in [6, 6.07) is 4.56. The van der Waals surface area contributed by atoms with Crippen LogP contribution in [0.5, 0.6) is 5.75 Å². The molecule has 0 aromatic heterocycles. The molecule has 1 atom stereocenters. The van der Waals surface area contributed by atoms with E-state index in [1.54, 1.807) is 13.0 Å². The Balaban J connectivity index is 2.80. The molecule has 0 heterocycles. The molecule has 19 heavy (non-hydrogen) atoms. The molecule has 3 amide bonds. The fourth-order valence-electron chi connectivity index (χ4n) is 1.46. The molecule has 1 rings (SSSR count). The van der Waals surface area contributed by atoms with E-state index in [4.69, 9.17) is 10.5 Å². The molecule has 0 saturated heterocycles. The minimum absolute atomic E-state index is 0.574. The minimum Gasteiger partial charge on any atom is -0.481 e. The number of nitrogens with two attached hydrogens (primary N) is 1. The van der Waals surface area contributed by atoms with Gasteiger partial charge in [0.2, 0.25) is 0 Å². The van der Waals surface area contributed by atoms with Crippen LogP contribution < -0.4 is 21.1 Å². The number of amides is 3. The first kappa shape index (κ1) is 15.5. The maximum absolute atomic E-state index is 11.5. The summed E-state index contributed by atoms with van der Waals surface area (Å²) in [5, 5.41) is 4.99. The molecular weight excluding hydrogens is 314 g/mol. The van der Waals surface area contributed by atoms with Gasteiger partial charge in [-0.05, 0) is 32.2 Å². The number of ether oxygens (including phenoxy) is 1. The van der Waals surface area contributed by atoms with Crippen molar-refractivity contribution in [2.45, 2.75) is 19.6 Å². The maximum atomic E-state index is 11.5. The average molecular weight is 330 g/mol. The Kier molecular flexibility index (Phi) is 5.78. The van der Waals surface area contributed by atoms with Gasteiger partial charge >= 0.3 is 6.03 Å². The van der Waals surface area contributed by atoms with E-state index < -0.39 is 18.0 Å². The van der Waals surface area contributed by atoms with Gasteiger partial charge in [0, 0.05) is 16.6 Å². The highest BCUT2D eigenvalue weighted by atomic mass is 79.9. The van der Waals surface area contributed by atoms with Crippen LogP contribution in [-0.2, 0) is 11.3 Å². The highest BCUT2D eigenvalue weighted by Crippen LogP contribution is 2.24. The highest BCUT2D eigenvalue weighted by molar-refractivity contribution is 9.10. The summed E-state index contributed by atoms with van der Waals surface area (Å²) in [4.78, 5) is 22.1. The molecule has 6 nitrogen and oxygen atoms in total. The fraction of sp³-hybridized carbons (Fsp3) is 0.333. The lowest BCUT2D eigenvalue weighted by Gasteiger charge is -2.16. The van der Waals surface area contributed by atoms with Gasteiger partial charge in [0.25, 0.3) is 5.91 Å². The number of hydrogen-bond acceptors (Lipinski definition) is 4. The molecular formula is C12H16BrN3O3. The third-order valence-electron chi connectivity index (χ3n) is 2.31. The summed E-state index contributed by atoms with van der Waals surface area (Å²) in [7, 11) is 1.81. The van der Waals surface area contributed by atoms with Crippen molar-refractivity contribution < 1.29 is 14.3 Å². The first-order valence-corrected chi connectivity index (χ1v) is 6.43. The van der Waals surface area contributed by atoms with Crippen molar-refractivity contribution in [1.82, 2.24) is 10.6 Å². The van der Waals surface area contributed by atoms with Gasteiger partial charge in [-0.2, -0.15) is 0 Å². The van der Waals surface area contributed by atoms with Crippen molar-refractivity contribution in [2.24, 2.45) is 5.73 Å². The Hall–Kier alpha value is -1.60. The summed E-state index contributed by atoms with van der Waals surface area (Å²) in [5.74, 6) is -0.00417. The second-order valence-electron chi connectivity index (χ2n) is 3.90. The number of nitrogens with one attached hydrogen (secondary N) is 2. The van der Waals surface area contributed by atoms with E-state index in [9.17, 15) is 9.59 Å². The summed E-state index contributed by atoms with van der Waals surface area (Å²) in [6.07, 6.45) is -0.815. The van der Waals surface area contributed by atoms with Crippen LogP contribution in [0.4, 0.5) is 4.79 Å². The van der Waals surface area contributed by atoms with Crippen molar-refractivity contribution in [3.63, 3.8) is 0 Å². The smallest absolute Gasteiger partial charge is 0.318 e. The summed E-state index contributed by atoms with van der Waals surface area (Å²) < 4.78 is 6.45. The quantitative estimate of drug-likeness (QED) is 0.754. The van der Waals surface area contributed by atoms with Crippen molar-refractivity contribution in [3.8, 4) is 5.75 Å². The molecule has 4 N–H and O–H groups in total. The van der Waals surface area contributed by atoms with Gasteiger partial charge in [0.1, 0.15) is 5.75 Å². The number of benzene rings is 1. The predicted octanol–water partition coefficient (Wildman–Crippen LogP) is 1.13. The number of urea groups is 1. The fourth-order valence-corrected chi connectivity index (χ4v) is 1.87. The summed E-state index contributed by atoms with van der Waals surface area (Å²) in [6.45, 7) is 2.14. The molecule has 1 aromatic carbocycles. The van der Waals surface area contributed by atoms with Crippen LogP contribution in [0.25, 0.3) is 0 Å². The predicted molar refractivity (Wildman–Crippen MR) is 74.7 cm³/mol. The molecule has 0 aliphatic rings. The third-order valence-corrected chi connectivity index (χ3v) is 2.80. The van der Waals surface area contributed by atoms with Gasteiger partial charge in [0.05, 0.1) is 0 Å². The Morgan fingerprint density at radius 1 is 1.47 bits per heavy atom. The molecule has 0 fully saturated rings. The van der Waals surface area contributed by atoms with Crippen LogP contribution in [-0.4, -0.2) is 25.1 Å². The summed E-state index contributed by atoms with van der Waals surface area (Å²) >= 11 is 3.37. The van der Waals surface area contributed by atoms with Crippen LogP contribution in [0.1, 0.15) is 12.5 Å². The van der Waals surface area contributed by atoms with Gasteiger partial charge in [0.15, 0.2) is 6.10 Å². The second-order valence-corrected chi connectivity index (χ2v) is 4.81. The monoisotopic (exact) mass is 329 g/mol. The molecule has 0 aliphatic carbocycles. The van der Waals surface area contributed by atoms with Crippen LogP contribution in [0, 0.1) is 0 Å². The lowest BCUT2D eigenvalue weighted by Crippen LogP contribution is -2.42. The topological polar surface area (TPSA) is 93.4 Å². The van der Waals surface area contributed by atoms with E-state index in [1.165, 1.54) is 0 Å². The Labute approximate surface area is 119 Å². The first-order valence-electron chi connectivity index (χ1n) is 5.64. The second kappa shape index (κ2) is 7.10. The van der Waals surface area contributed by atoms with E-state index in [2.05, 4.69) is 21.2 Å². The summed E-state index contributed by atoms with van der Waals surface area (Å²) in [5.41, 5.74) is 5.78. The number of primary amides is 1. The number of carbonyl (C=O) groups excluding carboxylic acids is 2. The molecule has 0 aliphatic heterocycles. The van der Waals surface area contributed by atoms with Gasteiger partial charge in [-0.15, -0.1) is 0 Å². The highest BCUT2D eigenvalue weighted by Gasteiger charge is 2.17. The Morgan fingerprint density at radius 3 is 2.74 bits per heavy atom. The van der Waals surface area contributed by atoms with E-state index in [1.807, 2.05) is 24.5 Å². The zero-order valence-corrected chi connectivity index (χ0v) is 12.3. The van der Waals surface area contributed by atoms with Crippen LogP contribution in [0.15, 0.2) is 22.7 Å². The number of carbonyl (C=O) groups is 2. The minimum atomic E-state index is -0.897. The van der Waals surface area contributed by atoms with Gasteiger partial charge < -0.3 is 15.8 Å². The molecule has 104 valence electrons. The van der Waals surface area contributed by atoms with Gasteiger partial charge in [-0.3, -0.25) is 10.1 Å². The molecule has 1 aromatic rings. The van der Waals surface area contributed by atoms with Gasteiger partial charge in [-0.25, -0.2) is 4.79 Å². The van der Waals surface area contributed by atoms with Crippen molar-refractivity contribution >= 4 is 27.9 Å². The number of rotatable bonds is 5. The maximum Gasteiger partial charge on any atom is 0.318 e. The average Bonchev–Trinajstić information content (AvgIpc) is 2.32. The number of halogens is 1. The first-order chi connectivity index (χ1) is 8.93. The Bertz CT molecular complexity index is 479. The molecule has 0 radical (unpaired) electrons. The number of imide groups is 1. The number of hydrogen-bond donors (Lipinski definition) is 3. The lowest BCUT2D eigenvalue weighted by atomic mass is 10.2. The van der Waals surface area contributed by atoms with Crippen molar-refractivity contribution in [2.75, 3.05) is 7.05 Å². The molecule has 7 heteroatoms. The van der Waals surface area contributed by atoms with E-state index in [-0.39, 0.29) is 0 Å². The third kappa shape index (κ3) is 4.88. The van der Waals surface area contributed by atoms with Crippen LogP contribution in [0.2, 0.25) is 0 Å². The molecule has 0 spiro atoms.